The molecule has 2 aromatic heterocycles. The molecule has 3 N–H and O–H groups in total. The number of nitrogens with two attached hydrogens (primary N) is 1. The molecule has 3 aromatic carbocycles. The van der Waals surface area contributed by atoms with Crippen molar-refractivity contribution in [1.82, 2.24) is 19.5 Å². The molecule has 9 heteroatoms. The van der Waals surface area contributed by atoms with Crippen LogP contribution < -0.4 is 16.6 Å². The molecule has 2 heterocycles. The summed E-state index contributed by atoms with van der Waals surface area (Å²) in [5.41, 5.74) is 8.69. The van der Waals surface area contributed by atoms with Gasteiger partial charge in [0.2, 0.25) is 5.95 Å². The molecule has 0 radical (unpaired) electrons. The van der Waals surface area contributed by atoms with E-state index in [4.69, 9.17) is 22.3 Å². The first-order chi connectivity index (χ1) is 17.5. The van der Waals surface area contributed by atoms with Gasteiger partial charge in [-0.1, -0.05) is 54.1 Å². The molecule has 0 amide bonds. The van der Waals surface area contributed by atoms with Gasteiger partial charge in [0.15, 0.2) is 0 Å². The van der Waals surface area contributed by atoms with Crippen LogP contribution in [0.15, 0.2) is 83.8 Å². The average Bonchev–Trinajstić information content (AvgIpc) is 2.89. The van der Waals surface area contributed by atoms with Crippen molar-refractivity contribution in [3.63, 3.8) is 0 Å². The molecule has 0 bridgehead atoms. The predicted molar refractivity (Wildman–Crippen MR) is 142 cm³/mol. The fourth-order valence-electron chi connectivity index (χ4n) is 4.09. The highest BCUT2D eigenvalue weighted by Gasteiger charge is 2.21. The maximum Gasteiger partial charge on any atom is 0.267 e. The summed E-state index contributed by atoms with van der Waals surface area (Å²) in [6.45, 7) is 1.88. The van der Waals surface area contributed by atoms with Gasteiger partial charge in [-0.3, -0.25) is 14.2 Å². The Morgan fingerprint density at radius 1 is 1.03 bits per heavy atom. The fourth-order valence-corrected chi connectivity index (χ4v) is 4.34. The fraction of sp³-hybridized carbons (Fsp3) is 0.0741. The number of rotatable bonds is 6. The van der Waals surface area contributed by atoms with Crippen molar-refractivity contribution in [2.45, 2.75) is 13.0 Å². The number of benzene rings is 3. The molecule has 0 aliphatic heterocycles. The van der Waals surface area contributed by atoms with Gasteiger partial charge >= 0.3 is 0 Å². The van der Waals surface area contributed by atoms with Gasteiger partial charge in [0, 0.05) is 17.3 Å². The summed E-state index contributed by atoms with van der Waals surface area (Å²) < 4.78 is 1.54. The number of nitrogens with one attached hydrogen (secondary N) is 1. The SMILES string of the molecule is CC(Nc1nc(N)ncc1-c1cccc(C=O)c1)c1nc2cccc(Cl)c2c(=O)n1-c1ccccc1. The number of halogens is 1. The highest BCUT2D eigenvalue weighted by Crippen LogP contribution is 2.30. The van der Waals surface area contributed by atoms with E-state index in [1.54, 1.807) is 47.2 Å². The summed E-state index contributed by atoms with van der Waals surface area (Å²) in [5, 5.41) is 4.03. The molecule has 0 aliphatic rings. The molecule has 0 saturated heterocycles. The van der Waals surface area contributed by atoms with Gasteiger partial charge in [-0.05, 0) is 42.8 Å². The van der Waals surface area contributed by atoms with Crippen LogP contribution in [0.2, 0.25) is 5.02 Å². The lowest BCUT2D eigenvalue weighted by atomic mass is 10.1. The van der Waals surface area contributed by atoms with Crippen molar-refractivity contribution in [3.05, 3.63) is 106 Å². The maximum absolute atomic E-state index is 13.7. The molecular formula is C27H21ClN6O2. The van der Waals surface area contributed by atoms with Crippen molar-refractivity contribution in [1.29, 1.82) is 0 Å². The number of nitrogens with zero attached hydrogens (tertiary/aromatic N) is 4. The number of aromatic nitrogens is 4. The minimum Gasteiger partial charge on any atom is -0.368 e. The third-order valence-corrected chi connectivity index (χ3v) is 6.08. The zero-order valence-electron chi connectivity index (χ0n) is 19.2. The van der Waals surface area contributed by atoms with Crippen LogP contribution in [0, 0.1) is 0 Å². The van der Waals surface area contributed by atoms with Crippen LogP contribution in [0.4, 0.5) is 11.8 Å². The normalized spacial score (nSPS) is 11.8. The number of aldehydes is 1. The number of fused-ring (bicyclic) bond motifs is 1. The standard InChI is InChI=1S/C27H21ClN6O2/c1-16(31-24-20(14-30-27(29)33-24)18-8-5-7-17(13-18)15-35)25-32-22-12-6-11-21(28)23(22)26(36)34(25)19-9-3-2-4-10-19/h2-16H,1H3,(H3,29,30,31,33). The Hall–Kier alpha value is -4.56. The summed E-state index contributed by atoms with van der Waals surface area (Å²) in [7, 11) is 0. The Balaban J connectivity index is 1.67. The third-order valence-electron chi connectivity index (χ3n) is 5.77. The Kier molecular flexibility index (Phi) is 6.18. The molecule has 0 spiro atoms. The molecule has 0 aliphatic carbocycles. The second kappa shape index (κ2) is 9.59. The van der Waals surface area contributed by atoms with Crippen molar-refractivity contribution in [2.24, 2.45) is 0 Å². The number of carbonyl (C=O) groups is 1. The first-order valence-electron chi connectivity index (χ1n) is 11.2. The summed E-state index contributed by atoms with van der Waals surface area (Å²) in [6, 6.07) is 21.0. The number of nitrogen functional groups attached to an aromatic ring is 1. The van der Waals surface area contributed by atoms with Crippen LogP contribution in [-0.2, 0) is 0 Å². The third kappa shape index (κ3) is 4.30. The van der Waals surface area contributed by atoms with Crippen LogP contribution in [0.1, 0.15) is 29.1 Å². The van der Waals surface area contributed by atoms with E-state index in [9.17, 15) is 9.59 Å². The second-order valence-electron chi connectivity index (χ2n) is 8.18. The highest BCUT2D eigenvalue weighted by atomic mass is 35.5. The number of hydrogen-bond acceptors (Lipinski definition) is 7. The van der Waals surface area contributed by atoms with Gasteiger partial charge in [0.1, 0.15) is 17.9 Å². The molecule has 5 rings (SSSR count). The molecule has 5 aromatic rings. The maximum atomic E-state index is 13.7. The lowest BCUT2D eigenvalue weighted by Gasteiger charge is -2.21. The smallest absolute Gasteiger partial charge is 0.267 e. The number of carbonyl (C=O) groups excluding carboxylic acids is 1. The van der Waals surface area contributed by atoms with Gasteiger partial charge in [-0.25, -0.2) is 9.97 Å². The van der Waals surface area contributed by atoms with Crippen molar-refractivity contribution in [3.8, 4) is 16.8 Å². The largest absolute Gasteiger partial charge is 0.368 e. The van der Waals surface area contributed by atoms with E-state index in [1.807, 2.05) is 43.3 Å². The van der Waals surface area contributed by atoms with E-state index in [2.05, 4.69) is 15.3 Å². The van der Waals surface area contributed by atoms with E-state index >= 15 is 0 Å². The van der Waals surface area contributed by atoms with E-state index in [-0.39, 0.29) is 11.5 Å². The first-order valence-corrected chi connectivity index (χ1v) is 11.6. The molecule has 178 valence electrons. The lowest BCUT2D eigenvalue weighted by Crippen LogP contribution is -2.27. The molecule has 8 nitrogen and oxygen atoms in total. The minimum atomic E-state index is -0.483. The number of hydrogen-bond donors (Lipinski definition) is 2. The molecule has 0 saturated carbocycles. The number of anilines is 2. The minimum absolute atomic E-state index is 0.0821. The monoisotopic (exact) mass is 496 g/mol. The highest BCUT2D eigenvalue weighted by molar-refractivity contribution is 6.35. The first kappa shape index (κ1) is 23.2. The zero-order valence-corrected chi connectivity index (χ0v) is 20.0. The van der Waals surface area contributed by atoms with Crippen LogP contribution in [0.5, 0.6) is 0 Å². The van der Waals surface area contributed by atoms with Crippen LogP contribution in [0.25, 0.3) is 27.7 Å². The van der Waals surface area contributed by atoms with Crippen LogP contribution in [0.3, 0.4) is 0 Å². The summed E-state index contributed by atoms with van der Waals surface area (Å²) in [5.74, 6) is 0.988. The van der Waals surface area contributed by atoms with Crippen molar-refractivity contribution < 1.29 is 4.79 Å². The summed E-state index contributed by atoms with van der Waals surface area (Å²) in [6.07, 6.45) is 2.37. The summed E-state index contributed by atoms with van der Waals surface area (Å²) >= 11 is 6.39. The molecule has 0 fully saturated rings. The molecule has 36 heavy (non-hydrogen) atoms. The Labute approximate surface area is 211 Å². The van der Waals surface area contributed by atoms with Gasteiger partial charge < -0.3 is 11.1 Å². The van der Waals surface area contributed by atoms with Gasteiger partial charge in [0.05, 0.1) is 27.7 Å². The Morgan fingerprint density at radius 2 is 1.81 bits per heavy atom. The van der Waals surface area contributed by atoms with Gasteiger partial charge in [-0.15, -0.1) is 0 Å². The van der Waals surface area contributed by atoms with Crippen molar-refractivity contribution >= 4 is 40.6 Å². The topological polar surface area (TPSA) is 116 Å². The average molecular weight is 497 g/mol. The number of para-hydroxylation sites is 1. The van der Waals surface area contributed by atoms with Gasteiger partial charge in [0.25, 0.3) is 5.56 Å². The van der Waals surface area contributed by atoms with E-state index in [0.29, 0.717) is 44.4 Å². The Morgan fingerprint density at radius 3 is 2.58 bits per heavy atom. The van der Waals surface area contributed by atoms with Crippen LogP contribution in [-0.4, -0.2) is 25.8 Å². The predicted octanol–water partition coefficient (Wildman–Crippen LogP) is 5.06. The lowest BCUT2D eigenvalue weighted by molar-refractivity contribution is 0.112. The quantitative estimate of drug-likeness (QED) is 0.315. The zero-order chi connectivity index (χ0) is 25.2. The van der Waals surface area contributed by atoms with E-state index in [1.165, 1.54) is 0 Å². The molecular weight excluding hydrogens is 476 g/mol. The van der Waals surface area contributed by atoms with Gasteiger partial charge in [-0.2, -0.15) is 4.98 Å². The van der Waals surface area contributed by atoms with E-state index in [0.717, 1.165) is 11.8 Å². The Bertz CT molecular complexity index is 1650. The van der Waals surface area contributed by atoms with E-state index < -0.39 is 6.04 Å². The summed E-state index contributed by atoms with van der Waals surface area (Å²) in [4.78, 5) is 38.3. The molecule has 1 atom stereocenters. The second-order valence-corrected chi connectivity index (χ2v) is 8.59. The van der Waals surface area contributed by atoms with Crippen LogP contribution >= 0.6 is 11.6 Å². The molecule has 1 unspecified atom stereocenters. The van der Waals surface area contributed by atoms with Crippen molar-refractivity contribution in [2.75, 3.05) is 11.1 Å².